The lowest BCUT2D eigenvalue weighted by Gasteiger charge is -2.44. The third kappa shape index (κ3) is 1.76. The molecule has 2 atom stereocenters. The zero-order chi connectivity index (χ0) is 17.3. The molecule has 3 nitrogen and oxygen atoms in total. The van der Waals surface area contributed by atoms with E-state index in [1.54, 1.807) is 49.4 Å². The summed E-state index contributed by atoms with van der Waals surface area (Å²) in [5, 5.41) is 0. The summed E-state index contributed by atoms with van der Waals surface area (Å²) < 4.78 is 39.7. The molecule has 6 heteroatoms. The standard InChI is InChI=1S/C18H15F3N2O/c1-17-13-7-6-11(22)8-10(13)9-15(12-4-2-3-5-14(12)17)23(17)16(24)18(19,20)21/h2-8,15H,9,22H2,1H3. The van der Waals surface area contributed by atoms with Crippen molar-refractivity contribution in [3.63, 3.8) is 0 Å². The zero-order valence-electron chi connectivity index (χ0n) is 12.9. The highest BCUT2D eigenvalue weighted by molar-refractivity contribution is 5.86. The highest BCUT2D eigenvalue weighted by Gasteiger charge is 2.59. The molecule has 0 spiro atoms. The largest absolute Gasteiger partial charge is 0.471 e. The van der Waals surface area contributed by atoms with Crippen molar-refractivity contribution in [3.8, 4) is 0 Å². The molecule has 1 amide bonds. The van der Waals surface area contributed by atoms with Crippen LogP contribution in [-0.4, -0.2) is 17.0 Å². The normalized spacial score (nSPS) is 24.5. The maximum absolute atomic E-state index is 13.2. The van der Waals surface area contributed by atoms with Crippen molar-refractivity contribution in [3.05, 3.63) is 64.7 Å². The average molecular weight is 332 g/mol. The van der Waals surface area contributed by atoms with E-state index in [1.807, 2.05) is 0 Å². The number of nitrogens with zero attached hydrogens (tertiary/aromatic N) is 1. The molecule has 0 aliphatic carbocycles. The molecule has 0 aromatic heterocycles. The molecule has 124 valence electrons. The number of fused-ring (bicyclic) bond motifs is 7. The predicted octanol–water partition coefficient (Wildman–Crippen LogP) is 3.53. The van der Waals surface area contributed by atoms with Gasteiger partial charge in [0.05, 0.1) is 11.6 Å². The number of benzene rings is 2. The molecule has 2 unspecified atom stereocenters. The predicted molar refractivity (Wildman–Crippen MR) is 83.1 cm³/mol. The Bertz CT molecular complexity index is 862. The second-order valence-corrected chi connectivity index (χ2v) is 6.47. The monoisotopic (exact) mass is 332 g/mol. The first kappa shape index (κ1) is 15.1. The van der Waals surface area contributed by atoms with Gasteiger partial charge in [0.2, 0.25) is 0 Å². The number of nitrogens with two attached hydrogens (primary N) is 1. The van der Waals surface area contributed by atoms with E-state index in [9.17, 15) is 18.0 Å². The minimum Gasteiger partial charge on any atom is -0.399 e. The molecule has 2 aliphatic heterocycles. The lowest BCUT2D eigenvalue weighted by molar-refractivity contribution is -0.193. The number of hydrogen-bond acceptors (Lipinski definition) is 2. The first-order valence-electron chi connectivity index (χ1n) is 7.63. The van der Waals surface area contributed by atoms with Gasteiger partial charge in [0.15, 0.2) is 0 Å². The fraction of sp³-hybridized carbons (Fsp3) is 0.278. The van der Waals surface area contributed by atoms with Crippen LogP contribution in [0.3, 0.4) is 0 Å². The highest BCUT2D eigenvalue weighted by atomic mass is 19.4. The van der Waals surface area contributed by atoms with Crippen LogP contribution in [0.1, 0.15) is 35.2 Å². The second-order valence-electron chi connectivity index (χ2n) is 6.47. The van der Waals surface area contributed by atoms with Crippen molar-refractivity contribution in [1.82, 2.24) is 4.90 Å². The van der Waals surface area contributed by atoms with Crippen LogP contribution in [0, 0.1) is 0 Å². The van der Waals surface area contributed by atoms with Gasteiger partial charge in [-0.05, 0) is 47.7 Å². The van der Waals surface area contributed by atoms with Crippen molar-refractivity contribution in [1.29, 1.82) is 0 Å². The number of rotatable bonds is 0. The fourth-order valence-corrected chi connectivity index (χ4v) is 4.23. The Morgan fingerprint density at radius 2 is 1.92 bits per heavy atom. The molecule has 2 aromatic carbocycles. The Morgan fingerprint density at radius 3 is 2.62 bits per heavy atom. The third-order valence-electron chi connectivity index (χ3n) is 5.17. The number of halogens is 3. The van der Waals surface area contributed by atoms with E-state index < -0.39 is 23.7 Å². The molecule has 2 heterocycles. The molecule has 2 bridgehead atoms. The molecule has 2 aliphatic rings. The average Bonchev–Trinajstić information content (AvgIpc) is 2.70. The number of carbonyl (C=O) groups excluding carboxylic acids is 1. The van der Waals surface area contributed by atoms with Crippen molar-refractivity contribution in [2.75, 3.05) is 5.73 Å². The van der Waals surface area contributed by atoms with Gasteiger partial charge < -0.3 is 10.6 Å². The van der Waals surface area contributed by atoms with Crippen LogP contribution in [0.25, 0.3) is 0 Å². The van der Waals surface area contributed by atoms with Gasteiger partial charge in [-0.25, -0.2) is 0 Å². The first-order chi connectivity index (χ1) is 11.2. The molecular formula is C18H15F3N2O. The van der Waals surface area contributed by atoms with Gasteiger partial charge in [-0.3, -0.25) is 4.79 Å². The Hall–Kier alpha value is -2.50. The van der Waals surface area contributed by atoms with Gasteiger partial charge in [0.1, 0.15) is 0 Å². The SMILES string of the molecule is CC12c3ccc(N)cc3CC(c3ccccc31)N2C(=O)C(F)(F)F. The van der Waals surface area contributed by atoms with Gasteiger partial charge >= 0.3 is 12.1 Å². The maximum Gasteiger partial charge on any atom is 0.471 e. The Labute approximate surface area is 136 Å². The summed E-state index contributed by atoms with van der Waals surface area (Å²) in [6.45, 7) is 1.68. The molecule has 24 heavy (non-hydrogen) atoms. The lowest BCUT2D eigenvalue weighted by Crippen LogP contribution is -2.53. The number of amides is 1. The number of nitrogen functional groups attached to an aromatic ring is 1. The smallest absolute Gasteiger partial charge is 0.399 e. The molecule has 0 radical (unpaired) electrons. The van der Waals surface area contributed by atoms with Crippen LogP contribution >= 0.6 is 0 Å². The summed E-state index contributed by atoms with van der Waals surface area (Å²) in [7, 11) is 0. The number of alkyl halides is 3. The van der Waals surface area contributed by atoms with Crippen molar-refractivity contribution in [2.24, 2.45) is 0 Å². The second kappa shape index (κ2) is 4.53. The Morgan fingerprint density at radius 1 is 1.21 bits per heavy atom. The number of carbonyl (C=O) groups is 1. The molecule has 0 saturated carbocycles. The summed E-state index contributed by atoms with van der Waals surface area (Å²) in [4.78, 5) is 13.2. The zero-order valence-corrected chi connectivity index (χ0v) is 12.9. The van der Waals surface area contributed by atoms with Gasteiger partial charge in [-0.2, -0.15) is 13.2 Å². The fourth-order valence-electron chi connectivity index (χ4n) is 4.23. The molecule has 2 aromatic rings. The van der Waals surface area contributed by atoms with E-state index in [-0.39, 0.29) is 0 Å². The van der Waals surface area contributed by atoms with Crippen molar-refractivity contribution in [2.45, 2.75) is 31.1 Å². The molecule has 0 fully saturated rings. The minimum atomic E-state index is -4.91. The van der Waals surface area contributed by atoms with E-state index in [1.165, 1.54) is 0 Å². The van der Waals surface area contributed by atoms with Crippen molar-refractivity contribution >= 4 is 11.6 Å². The van der Waals surface area contributed by atoms with E-state index in [0.29, 0.717) is 17.7 Å². The van der Waals surface area contributed by atoms with Crippen LogP contribution in [-0.2, 0) is 16.8 Å². The van der Waals surface area contributed by atoms with Crippen LogP contribution in [0.4, 0.5) is 18.9 Å². The van der Waals surface area contributed by atoms with Gasteiger partial charge in [-0.15, -0.1) is 0 Å². The van der Waals surface area contributed by atoms with Crippen LogP contribution in [0.15, 0.2) is 42.5 Å². The van der Waals surface area contributed by atoms with E-state index in [0.717, 1.165) is 21.6 Å². The molecular weight excluding hydrogens is 317 g/mol. The summed E-state index contributed by atoms with van der Waals surface area (Å²) in [5.74, 6) is -1.80. The van der Waals surface area contributed by atoms with Crippen LogP contribution in [0.2, 0.25) is 0 Å². The van der Waals surface area contributed by atoms with Crippen LogP contribution < -0.4 is 5.73 Å². The van der Waals surface area contributed by atoms with Gasteiger partial charge in [0.25, 0.3) is 0 Å². The topological polar surface area (TPSA) is 46.3 Å². The van der Waals surface area contributed by atoms with E-state index >= 15 is 0 Å². The Kier molecular flexibility index (Phi) is 2.84. The maximum atomic E-state index is 13.2. The first-order valence-corrected chi connectivity index (χ1v) is 7.63. The number of anilines is 1. The molecule has 4 rings (SSSR count). The third-order valence-corrected chi connectivity index (χ3v) is 5.17. The van der Waals surface area contributed by atoms with E-state index in [2.05, 4.69) is 0 Å². The molecule has 0 saturated heterocycles. The summed E-state index contributed by atoms with van der Waals surface area (Å²) in [5.41, 5.74) is 8.38. The van der Waals surface area contributed by atoms with Crippen LogP contribution in [0.5, 0.6) is 0 Å². The molecule has 2 N–H and O–H groups in total. The number of hydrogen-bond donors (Lipinski definition) is 1. The Balaban J connectivity index is 2.00. The minimum absolute atomic E-state index is 0.328. The van der Waals surface area contributed by atoms with Gasteiger partial charge in [0, 0.05) is 5.69 Å². The summed E-state index contributed by atoms with van der Waals surface area (Å²) in [6, 6.07) is 11.8. The quantitative estimate of drug-likeness (QED) is 0.750. The van der Waals surface area contributed by atoms with Crippen molar-refractivity contribution < 1.29 is 18.0 Å². The summed E-state index contributed by atoms with van der Waals surface area (Å²) >= 11 is 0. The summed E-state index contributed by atoms with van der Waals surface area (Å²) in [6.07, 6.45) is -4.58. The van der Waals surface area contributed by atoms with E-state index in [4.69, 9.17) is 5.73 Å². The lowest BCUT2D eigenvalue weighted by atomic mass is 9.80. The highest BCUT2D eigenvalue weighted by Crippen LogP contribution is 2.56. The van der Waals surface area contributed by atoms with Gasteiger partial charge in [-0.1, -0.05) is 30.3 Å².